The zero-order chi connectivity index (χ0) is 31.0. The van der Waals surface area contributed by atoms with Gasteiger partial charge in [-0.25, -0.2) is 9.59 Å². The number of carbonyl (C=O) groups is 4. The van der Waals surface area contributed by atoms with Gasteiger partial charge in [-0.2, -0.15) is 0 Å². The first kappa shape index (κ1) is 33.4. The molecule has 2 saturated carbocycles. The van der Waals surface area contributed by atoms with E-state index in [-0.39, 0.29) is 35.8 Å². The Bertz CT molecular complexity index is 1140. The molecular weight excluding hydrogens is 590 g/mol. The number of rotatable bonds is 12. The van der Waals surface area contributed by atoms with Crippen molar-refractivity contribution >= 4 is 47.4 Å². The van der Waals surface area contributed by atoms with Crippen LogP contribution < -0.4 is 15.4 Å². The van der Waals surface area contributed by atoms with Crippen LogP contribution in [0.15, 0.2) is 24.3 Å². The molecule has 0 spiro atoms. The maximum absolute atomic E-state index is 13.6. The quantitative estimate of drug-likeness (QED) is 0.198. The highest BCUT2D eigenvalue weighted by molar-refractivity contribution is 7.99. The Morgan fingerprint density at radius 1 is 1.09 bits per heavy atom. The van der Waals surface area contributed by atoms with E-state index in [1.165, 1.54) is 13.5 Å². The molecule has 1 heterocycles. The number of esters is 1. The Balaban J connectivity index is 1.36. The summed E-state index contributed by atoms with van der Waals surface area (Å²) in [5.74, 6) is -0.941. The fourth-order valence-corrected chi connectivity index (χ4v) is 7.91. The lowest BCUT2D eigenvalue weighted by atomic mass is 9.86. The van der Waals surface area contributed by atoms with E-state index >= 15 is 0 Å². The SMILES string of the molecule is COC(=O)C(CC1CC(C)(C)NC1=O)NC(=O)[C@H](CC1CCCCC1)SNC(=O)OC1CCCC1Cc1cccc(Cl)c1. The summed E-state index contributed by atoms with van der Waals surface area (Å²) >= 11 is 7.20. The fourth-order valence-electron chi connectivity index (χ4n) is 6.86. The van der Waals surface area contributed by atoms with Crippen molar-refractivity contribution < 1.29 is 28.7 Å². The van der Waals surface area contributed by atoms with E-state index in [0.29, 0.717) is 23.8 Å². The van der Waals surface area contributed by atoms with Gasteiger partial charge in [-0.15, -0.1) is 0 Å². The van der Waals surface area contributed by atoms with Crippen molar-refractivity contribution in [1.82, 2.24) is 15.4 Å². The molecule has 5 atom stereocenters. The van der Waals surface area contributed by atoms with Gasteiger partial charge in [0.1, 0.15) is 17.4 Å². The lowest BCUT2D eigenvalue weighted by molar-refractivity contribution is -0.145. The maximum Gasteiger partial charge on any atom is 0.417 e. The monoisotopic (exact) mass is 635 g/mol. The van der Waals surface area contributed by atoms with E-state index in [1.54, 1.807) is 0 Å². The summed E-state index contributed by atoms with van der Waals surface area (Å²) in [6.45, 7) is 3.87. The molecule has 1 aliphatic heterocycles. The molecule has 0 radical (unpaired) electrons. The standard InChI is InChI=1S/C32H46ClN3O6S/c1-32(2)19-23(28(37)35-32)18-25(30(39)41-3)34-29(38)27(17-20-9-5-4-6-10-20)43-36-31(40)42-26-14-8-12-22(26)15-21-11-7-13-24(33)16-21/h7,11,13,16,20,22-23,25-27H,4-6,8-10,12,14-15,17-19H2,1-3H3,(H,34,38)(H,35,37)(H,36,40)/t22?,23?,25?,26?,27-/m0/s1. The topological polar surface area (TPSA) is 123 Å². The molecule has 0 aromatic heterocycles. The van der Waals surface area contributed by atoms with E-state index < -0.39 is 29.3 Å². The van der Waals surface area contributed by atoms with E-state index in [1.807, 2.05) is 38.1 Å². The van der Waals surface area contributed by atoms with Gasteiger partial charge in [-0.05, 0) is 94.4 Å². The first-order valence-corrected chi connectivity index (χ1v) is 16.9. The van der Waals surface area contributed by atoms with Crippen LogP contribution in [0.4, 0.5) is 4.79 Å². The Kier molecular flexibility index (Phi) is 12.1. The zero-order valence-electron chi connectivity index (χ0n) is 25.5. The van der Waals surface area contributed by atoms with E-state index in [9.17, 15) is 19.2 Å². The summed E-state index contributed by atoms with van der Waals surface area (Å²) in [5, 5.41) is 5.86. The Morgan fingerprint density at radius 3 is 2.53 bits per heavy atom. The molecule has 4 rings (SSSR count). The third-order valence-electron chi connectivity index (χ3n) is 9.00. The molecule has 4 unspecified atom stereocenters. The van der Waals surface area contributed by atoms with Crippen molar-refractivity contribution in [2.75, 3.05) is 7.11 Å². The van der Waals surface area contributed by atoms with Crippen LogP contribution in [-0.2, 0) is 30.3 Å². The summed E-state index contributed by atoms with van der Waals surface area (Å²) in [5.41, 5.74) is 0.744. The van der Waals surface area contributed by atoms with Gasteiger partial charge in [0.2, 0.25) is 11.8 Å². The summed E-state index contributed by atoms with van der Waals surface area (Å²) in [6, 6.07) is 6.79. The minimum absolute atomic E-state index is 0.133. The predicted molar refractivity (Wildman–Crippen MR) is 167 cm³/mol. The summed E-state index contributed by atoms with van der Waals surface area (Å²) in [7, 11) is 1.27. The minimum Gasteiger partial charge on any atom is -0.467 e. The van der Waals surface area contributed by atoms with Gasteiger partial charge in [0.15, 0.2) is 0 Å². The molecule has 2 aliphatic carbocycles. The zero-order valence-corrected chi connectivity index (χ0v) is 27.1. The second kappa shape index (κ2) is 15.5. The molecule has 1 aromatic carbocycles. The van der Waals surface area contributed by atoms with Gasteiger partial charge < -0.3 is 20.1 Å². The van der Waals surface area contributed by atoms with E-state index in [4.69, 9.17) is 21.1 Å². The van der Waals surface area contributed by atoms with Crippen molar-refractivity contribution in [2.24, 2.45) is 17.8 Å². The number of amides is 3. The van der Waals surface area contributed by atoms with Crippen LogP contribution in [0.25, 0.3) is 0 Å². The van der Waals surface area contributed by atoms with Crippen LogP contribution in [0.1, 0.15) is 90.0 Å². The van der Waals surface area contributed by atoms with E-state index in [2.05, 4.69) is 15.4 Å². The average molecular weight is 636 g/mol. The largest absolute Gasteiger partial charge is 0.467 e. The third-order valence-corrected chi connectivity index (χ3v) is 10.2. The average Bonchev–Trinajstić information content (AvgIpc) is 3.51. The van der Waals surface area contributed by atoms with Gasteiger partial charge in [0, 0.05) is 22.4 Å². The van der Waals surface area contributed by atoms with Crippen LogP contribution >= 0.6 is 23.5 Å². The molecule has 11 heteroatoms. The van der Waals surface area contributed by atoms with Gasteiger partial charge in [-0.3, -0.25) is 14.3 Å². The van der Waals surface area contributed by atoms with Gasteiger partial charge >= 0.3 is 12.1 Å². The van der Waals surface area contributed by atoms with Crippen LogP contribution in [0.5, 0.6) is 0 Å². The van der Waals surface area contributed by atoms with Crippen LogP contribution in [-0.4, -0.2) is 53.9 Å². The number of halogens is 1. The Labute approximate surface area is 264 Å². The van der Waals surface area contributed by atoms with E-state index in [0.717, 1.165) is 68.9 Å². The molecule has 43 heavy (non-hydrogen) atoms. The van der Waals surface area contributed by atoms with Crippen molar-refractivity contribution in [2.45, 2.75) is 114 Å². The fraction of sp³-hybridized carbons (Fsp3) is 0.688. The smallest absolute Gasteiger partial charge is 0.417 e. The van der Waals surface area contributed by atoms with Crippen LogP contribution in [0, 0.1) is 17.8 Å². The van der Waals surface area contributed by atoms with Gasteiger partial charge in [0.05, 0.1) is 7.11 Å². The van der Waals surface area contributed by atoms with Crippen molar-refractivity contribution in [3.8, 4) is 0 Å². The predicted octanol–water partition coefficient (Wildman–Crippen LogP) is 5.73. The van der Waals surface area contributed by atoms with Gasteiger partial charge in [0.25, 0.3) is 0 Å². The summed E-state index contributed by atoms with van der Waals surface area (Å²) < 4.78 is 13.6. The first-order valence-electron chi connectivity index (χ1n) is 15.6. The summed E-state index contributed by atoms with van der Waals surface area (Å²) in [4.78, 5) is 51.8. The molecular formula is C32H46ClN3O6S. The second-order valence-corrected chi connectivity index (χ2v) is 14.5. The highest BCUT2D eigenvalue weighted by atomic mass is 35.5. The molecule has 9 nitrogen and oxygen atoms in total. The maximum atomic E-state index is 13.6. The number of ether oxygens (including phenoxy) is 2. The first-order chi connectivity index (χ1) is 20.5. The van der Waals surface area contributed by atoms with Crippen LogP contribution in [0.3, 0.4) is 0 Å². The van der Waals surface area contributed by atoms with Crippen molar-refractivity contribution in [1.29, 1.82) is 0 Å². The molecule has 1 aromatic rings. The molecule has 3 N–H and O–H groups in total. The molecule has 1 saturated heterocycles. The lowest BCUT2D eigenvalue weighted by Crippen LogP contribution is -2.47. The number of hydrogen-bond acceptors (Lipinski definition) is 7. The lowest BCUT2D eigenvalue weighted by Gasteiger charge is -2.27. The van der Waals surface area contributed by atoms with Gasteiger partial charge in [-0.1, -0.05) is 55.8 Å². The number of carbonyl (C=O) groups excluding carboxylic acids is 4. The molecule has 3 fully saturated rings. The Morgan fingerprint density at radius 2 is 1.86 bits per heavy atom. The van der Waals surface area contributed by atoms with Crippen molar-refractivity contribution in [3.05, 3.63) is 34.9 Å². The number of benzene rings is 1. The normalized spacial score (nSPS) is 24.9. The minimum atomic E-state index is -0.964. The van der Waals surface area contributed by atoms with Crippen LogP contribution in [0.2, 0.25) is 5.02 Å². The Hall–Kier alpha value is -2.46. The second-order valence-electron chi connectivity index (χ2n) is 13.0. The van der Waals surface area contributed by atoms with Crippen molar-refractivity contribution in [3.63, 3.8) is 0 Å². The summed E-state index contributed by atoms with van der Waals surface area (Å²) in [6.07, 6.45) is 9.50. The molecule has 238 valence electrons. The number of hydrogen-bond donors (Lipinski definition) is 3. The molecule has 3 aliphatic rings. The molecule has 3 amide bonds. The number of nitrogens with one attached hydrogen (secondary N) is 3. The molecule has 0 bridgehead atoms. The number of methoxy groups -OCH3 is 1. The third kappa shape index (κ3) is 10.0. The highest BCUT2D eigenvalue weighted by Gasteiger charge is 2.41. The highest BCUT2D eigenvalue weighted by Crippen LogP contribution is 2.34.